The van der Waals surface area contributed by atoms with Crippen molar-refractivity contribution in [2.45, 2.75) is 6.04 Å². The van der Waals surface area contributed by atoms with Gasteiger partial charge in [0.15, 0.2) is 0 Å². The van der Waals surface area contributed by atoms with Crippen LogP contribution in [0.4, 0.5) is 9.18 Å². The van der Waals surface area contributed by atoms with Gasteiger partial charge in [0.25, 0.3) is 0 Å². The topological polar surface area (TPSA) is 71.1 Å². The van der Waals surface area contributed by atoms with E-state index in [1.165, 1.54) is 31.2 Å². The van der Waals surface area contributed by atoms with Crippen molar-refractivity contribution in [1.29, 1.82) is 0 Å². The summed E-state index contributed by atoms with van der Waals surface area (Å²) in [7, 11) is 2.75. The normalized spacial score (nSPS) is 16.1. The summed E-state index contributed by atoms with van der Waals surface area (Å²) in [5, 5.41) is 2.84. The molecule has 0 radical (unpaired) electrons. The number of likely N-dealkylation sites (N-methyl/N-ethyl adjacent to an activating group) is 1. The molecule has 138 valence electrons. The Morgan fingerprint density at radius 2 is 1.96 bits per heavy atom. The zero-order chi connectivity index (χ0) is 18.2. The average Bonchev–Trinajstić information content (AvgIpc) is 2.63. The van der Waals surface area contributed by atoms with Crippen LogP contribution in [0.1, 0.15) is 11.6 Å². The van der Waals surface area contributed by atoms with Gasteiger partial charge in [0.2, 0.25) is 5.91 Å². The minimum absolute atomic E-state index is 0.0862. The molecular formula is C17H24FN3O4. The van der Waals surface area contributed by atoms with E-state index >= 15 is 0 Å². The van der Waals surface area contributed by atoms with Crippen molar-refractivity contribution in [3.05, 3.63) is 35.6 Å². The lowest BCUT2D eigenvalue weighted by Crippen LogP contribution is -2.45. The first-order valence-electron chi connectivity index (χ1n) is 8.14. The lowest BCUT2D eigenvalue weighted by atomic mass is 10.0. The number of carbonyl (C=O) groups is 2. The Labute approximate surface area is 146 Å². The molecule has 1 atom stereocenters. The van der Waals surface area contributed by atoms with Gasteiger partial charge in [-0.05, 0) is 17.7 Å². The summed E-state index contributed by atoms with van der Waals surface area (Å²) in [4.78, 5) is 26.8. The van der Waals surface area contributed by atoms with E-state index < -0.39 is 6.09 Å². The van der Waals surface area contributed by atoms with E-state index in [4.69, 9.17) is 4.74 Å². The Bertz CT molecular complexity index is 576. The summed E-state index contributed by atoms with van der Waals surface area (Å²) in [6.45, 7) is 2.98. The first-order chi connectivity index (χ1) is 12.0. The van der Waals surface area contributed by atoms with Crippen molar-refractivity contribution in [3.8, 4) is 0 Å². The minimum Gasteiger partial charge on any atom is -0.453 e. The second kappa shape index (κ2) is 9.33. The van der Waals surface area contributed by atoms with Crippen molar-refractivity contribution in [2.75, 3.05) is 53.6 Å². The van der Waals surface area contributed by atoms with Gasteiger partial charge >= 0.3 is 6.09 Å². The number of halogens is 1. The van der Waals surface area contributed by atoms with Gasteiger partial charge in [-0.25, -0.2) is 9.18 Å². The molecule has 2 rings (SSSR count). The average molecular weight is 353 g/mol. The molecular weight excluding hydrogens is 329 g/mol. The third-order valence-electron chi connectivity index (χ3n) is 4.10. The molecule has 1 N–H and O–H groups in total. The van der Waals surface area contributed by atoms with Crippen molar-refractivity contribution < 1.29 is 23.5 Å². The lowest BCUT2D eigenvalue weighted by Gasteiger charge is -2.35. The molecule has 2 amide bonds. The smallest absolute Gasteiger partial charge is 0.409 e. The highest BCUT2D eigenvalue weighted by atomic mass is 19.1. The summed E-state index contributed by atoms with van der Waals surface area (Å²) in [5.74, 6) is -0.582. The van der Waals surface area contributed by atoms with E-state index in [1.807, 2.05) is 0 Å². The second-order valence-corrected chi connectivity index (χ2v) is 5.85. The Kier molecular flexibility index (Phi) is 7.15. The summed E-state index contributed by atoms with van der Waals surface area (Å²) < 4.78 is 23.1. The fraction of sp³-hybridized carbons (Fsp3) is 0.529. The lowest BCUT2D eigenvalue weighted by molar-refractivity contribution is -0.122. The zero-order valence-electron chi connectivity index (χ0n) is 14.5. The van der Waals surface area contributed by atoms with Crippen LogP contribution in [0, 0.1) is 5.82 Å². The van der Waals surface area contributed by atoms with Gasteiger partial charge in [-0.1, -0.05) is 12.1 Å². The summed E-state index contributed by atoms with van der Waals surface area (Å²) in [5.41, 5.74) is 0.921. The number of hydrogen-bond acceptors (Lipinski definition) is 5. The molecule has 7 nitrogen and oxygen atoms in total. The molecule has 25 heavy (non-hydrogen) atoms. The van der Waals surface area contributed by atoms with Crippen LogP contribution in [0.15, 0.2) is 24.3 Å². The fourth-order valence-corrected chi connectivity index (χ4v) is 2.73. The van der Waals surface area contributed by atoms with E-state index in [1.54, 1.807) is 12.1 Å². The zero-order valence-corrected chi connectivity index (χ0v) is 14.5. The minimum atomic E-state index is -0.571. The number of ether oxygens (including phenoxy) is 2. The molecule has 1 heterocycles. The molecule has 0 aromatic heterocycles. The van der Waals surface area contributed by atoms with Crippen LogP contribution in [0.5, 0.6) is 0 Å². The number of hydrogen-bond donors (Lipinski definition) is 1. The molecule has 0 saturated carbocycles. The molecule has 1 aromatic rings. The number of carbonyl (C=O) groups excluding carboxylic acids is 2. The SMILES string of the molecule is COC(=O)N(C)CC(=O)NCC(c1ccc(F)cc1)N1CCOCC1. The van der Waals surface area contributed by atoms with Crippen LogP contribution in [0.3, 0.4) is 0 Å². The van der Waals surface area contributed by atoms with Crippen LogP contribution in [0.25, 0.3) is 0 Å². The third-order valence-corrected chi connectivity index (χ3v) is 4.10. The highest BCUT2D eigenvalue weighted by Gasteiger charge is 2.23. The van der Waals surface area contributed by atoms with Gasteiger partial charge in [0.1, 0.15) is 12.4 Å². The largest absolute Gasteiger partial charge is 0.453 e. The maximum atomic E-state index is 13.2. The van der Waals surface area contributed by atoms with Crippen molar-refractivity contribution >= 4 is 12.0 Å². The predicted octanol–water partition coefficient (Wildman–Crippen LogP) is 1.01. The van der Waals surface area contributed by atoms with Gasteiger partial charge in [-0.15, -0.1) is 0 Å². The van der Waals surface area contributed by atoms with Crippen LogP contribution in [0.2, 0.25) is 0 Å². The van der Waals surface area contributed by atoms with Gasteiger partial charge < -0.3 is 19.7 Å². The van der Waals surface area contributed by atoms with E-state index in [-0.39, 0.29) is 24.3 Å². The summed E-state index contributed by atoms with van der Waals surface area (Å²) in [6, 6.07) is 6.19. The van der Waals surface area contributed by atoms with Crippen LogP contribution >= 0.6 is 0 Å². The van der Waals surface area contributed by atoms with E-state index in [2.05, 4.69) is 15.0 Å². The number of morpholine rings is 1. The third kappa shape index (κ3) is 5.68. The molecule has 1 aliphatic rings. The molecule has 1 saturated heterocycles. The molecule has 8 heteroatoms. The highest BCUT2D eigenvalue weighted by molar-refractivity contribution is 5.82. The van der Waals surface area contributed by atoms with Crippen LogP contribution in [-0.4, -0.2) is 75.4 Å². The first-order valence-corrected chi connectivity index (χ1v) is 8.14. The van der Waals surface area contributed by atoms with Crippen molar-refractivity contribution in [1.82, 2.24) is 15.1 Å². The fourth-order valence-electron chi connectivity index (χ4n) is 2.73. The van der Waals surface area contributed by atoms with Crippen molar-refractivity contribution in [3.63, 3.8) is 0 Å². The number of rotatable bonds is 6. The Morgan fingerprint density at radius 3 is 2.56 bits per heavy atom. The van der Waals surface area contributed by atoms with Crippen LogP contribution in [-0.2, 0) is 14.3 Å². The Balaban J connectivity index is 1.99. The molecule has 1 fully saturated rings. The van der Waals surface area contributed by atoms with E-state index in [9.17, 15) is 14.0 Å². The standard InChI is InChI=1S/C17H24FN3O4/c1-20(17(23)24-2)12-16(22)19-11-15(21-7-9-25-10-8-21)13-3-5-14(18)6-4-13/h3-6,15H,7-12H2,1-2H3,(H,19,22). The van der Waals surface area contributed by atoms with E-state index in [0.29, 0.717) is 19.8 Å². The maximum Gasteiger partial charge on any atom is 0.409 e. The number of amides is 2. The Hall–Kier alpha value is -2.19. The number of nitrogens with zero attached hydrogens (tertiary/aromatic N) is 2. The van der Waals surface area contributed by atoms with Gasteiger partial charge in [0, 0.05) is 26.7 Å². The Morgan fingerprint density at radius 1 is 1.32 bits per heavy atom. The summed E-state index contributed by atoms with van der Waals surface area (Å²) in [6.07, 6.45) is -0.571. The van der Waals surface area contributed by atoms with Crippen LogP contribution < -0.4 is 5.32 Å². The highest BCUT2D eigenvalue weighted by Crippen LogP contribution is 2.21. The first kappa shape index (κ1) is 19.1. The molecule has 1 aliphatic heterocycles. The predicted molar refractivity (Wildman–Crippen MR) is 89.6 cm³/mol. The summed E-state index contributed by atoms with van der Waals surface area (Å²) >= 11 is 0. The van der Waals surface area contributed by atoms with Gasteiger partial charge in [0.05, 0.1) is 26.4 Å². The molecule has 0 bridgehead atoms. The van der Waals surface area contributed by atoms with E-state index in [0.717, 1.165) is 18.7 Å². The van der Waals surface area contributed by atoms with Gasteiger partial charge in [-0.3, -0.25) is 9.69 Å². The molecule has 1 aromatic carbocycles. The number of methoxy groups -OCH3 is 1. The molecule has 0 spiro atoms. The molecule has 1 unspecified atom stereocenters. The monoisotopic (exact) mass is 353 g/mol. The van der Waals surface area contributed by atoms with Crippen molar-refractivity contribution in [2.24, 2.45) is 0 Å². The quantitative estimate of drug-likeness (QED) is 0.827. The maximum absolute atomic E-state index is 13.2. The molecule has 0 aliphatic carbocycles. The number of benzene rings is 1. The second-order valence-electron chi connectivity index (χ2n) is 5.85. The number of nitrogens with one attached hydrogen (secondary N) is 1. The van der Waals surface area contributed by atoms with Gasteiger partial charge in [-0.2, -0.15) is 0 Å².